The van der Waals surface area contributed by atoms with E-state index in [-0.39, 0.29) is 16.8 Å². The molecule has 1 amide bonds. The monoisotopic (exact) mass is 405 g/mol. The van der Waals surface area contributed by atoms with E-state index >= 15 is 0 Å². The number of amides is 1. The molecule has 0 bridgehead atoms. The maximum Gasteiger partial charge on any atom is 0.269 e. The molecule has 2 rings (SSSR count). The molecule has 0 radical (unpaired) electrons. The molecule has 0 saturated heterocycles. The molecule has 3 N–H and O–H groups in total. The highest BCUT2D eigenvalue weighted by molar-refractivity contribution is 7.80. The molecule has 0 heterocycles. The predicted octanol–water partition coefficient (Wildman–Crippen LogP) is 3.32. The molecule has 0 unspecified atom stereocenters. The van der Waals surface area contributed by atoms with E-state index in [4.69, 9.17) is 21.7 Å². The summed E-state index contributed by atoms with van der Waals surface area (Å²) in [7, 11) is 0. The molecule has 28 heavy (non-hydrogen) atoms. The van der Waals surface area contributed by atoms with Crippen LogP contribution in [-0.2, 0) is 6.54 Å². The van der Waals surface area contributed by atoms with Gasteiger partial charge in [0.25, 0.3) is 5.91 Å². The molecule has 0 spiro atoms. The molecule has 0 atom stereocenters. The third kappa shape index (κ3) is 6.70. The van der Waals surface area contributed by atoms with Gasteiger partial charge in [-0.25, -0.2) is 4.39 Å². The van der Waals surface area contributed by atoms with Crippen molar-refractivity contribution in [1.29, 1.82) is 0 Å². The average molecular weight is 405 g/mol. The van der Waals surface area contributed by atoms with E-state index in [1.165, 1.54) is 12.1 Å². The summed E-state index contributed by atoms with van der Waals surface area (Å²) in [6.07, 6.45) is 0.875. The molecule has 8 heteroatoms. The Kier molecular flexibility index (Phi) is 8.48. The summed E-state index contributed by atoms with van der Waals surface area (Å²) in [5.74, 6) is 0.452. The summed E-state index contributed by atoms with van der Waals surface area (Å²) in [5, 5.41) is 3.17. The zero-order chi connectivity index (χ0) is 20.4. The lowest BCUT2D eigenvalue weighted by Gasteiger charge is -2.14. The normalized spacial score (nSPS) is 10.1. The first kappa shape index (κ1) is 21.4. The van der Waals surface area contributed by atoms with Gasteiger partial charge in [-0.3, -0.25) is 15.6 Å². The zero-order valence-corrected chi connectivity index (χ0v) is 16.7. The number of carbonyl (C=O) groups is 1. The lowest BCUT2D eigenvalue weighted by Crippen LogP contribution is -2.46. The van der Waals surface area contributed by atoms with Gasteiger partial charge < -0.3 is 14.8 Å². The van der Waals surface area contributed by atoms with E-state index in [2.05, 4.69) is 16.2 Å². The number of hydrazine groups is 1. The van der Waals surface area contributed by atoms with Gasteiger partial charge in [0.1, 0.15) is 5.82 Å². The first-order valence-electron chi connectivity index (χ1n) is 9.01. The molecule has 0 aliphatic carbocycles. The highest BCUT2D eigenvalue weighted by Gasteiger charge is 2.12. The van der Waals surface area contributed by atoms with Gasteiger partial charge in [0.15, 0.2) is 16.6 Å². The maximum atomic E-state index is 12.9. The van der Waals surface area contributed by atoms with Gasteiger partial charge in [0.05, 0.1) is 13.2 Å². The largest absolute Gasteiger partial charge is 0.490 e. The molecule has 2 aromatic carbocycles. The van der Waals surface area contributed by atoms with Gasteiger partial charge in [-0.2, -0.15) is 0 Å². The van der Waals surface area contributed by atoms with Gasteiger partial charge in [-0.15, -0.1) is 0 Å². The Balaban J connectivity index is 1.88. The number of hydrogen-bond acceptors (Lipinski definition) is 4. The predicted molar refractivity (Wildman–Crippen MR) is 110 cm³/mol. The van der Waals surface area contributed by atoms with Gasteiger partial charge in [-0.05, 0) is 61.5 Å². The van der Waals surface area contributed by atoms with Crippen LogP contribution in [-0.4, -0.2) is 24.2 Å². The van der Waals surface area contributed by atoms with Crippen molar-refractivity contribution in [2.45, 2.75) is 26.8 Å². The highest BCUT2D eigenvalue weighted by Crippen LogP contribution is 2.28. The molecule has 2 aromatic rings. The lowest BCUT2D eigenvalue weighted by molar-refractivity contribution is 0.0943. The van der Waals surface area contributed by atoms with Gasteiger partial charge >= 0.3 is 0 Å². The second-order valence-corrected chi connectivity index (χ2v) is 6.24. The first-order chi connectivity index (χ1) is 13.5. The molecular weight excluding hydrogens is 381 g/mol. The van der Waals surface area contributed by atoms with Crippen LogP contribution in [0.2, 0.25) is 0 Å². The Morgan fingerprint density at radius 2 is 1.79 bits per heavy atom. The fraction of sp³-hybridized carbons (Fsp3) is 0.300. The Hall–Kier alpha value is -2.87. The minimum absolute atomic E-state index is 0.241. The van der Waals surface area contributed by atoms with E-state index in [1.54, 1.807) is 30.3 Å². The number of hydrogen-bond donors (Lipinski definition) is 3. The SMILES string of the molecule is CCCOc1ccc(C(=O)NNC(=S)NCc2ccc(F)cc2)cc1OCC. The Bertz CT molecular complexity index is 800. The molecule has 6 nitrogen and oxygen atoms in total. The van der Waals surface area contributed by atoms with Crippen LogP contribution in [0, 0.1) is 5.82 Å². The number of halogens is 1. The minimum atomic E-state index is -0.367. The third-order valence-corrected chi connectivity index (χ3v) is 3.87. The molecule has 150 valence electrons. The molecule has 0 aliphatic heterocycles. The first-order valence-corrected chi connectivity index (χ1v) is 9.42. The summed E-state index contributed by atoms with van der Waals surface area (Å²) in [6, 6.07) is 11.0. The van der Waals surface area contributed by atoms with Crippen molar-refractivity contribution in [3.05, 3.63) is 59.4 Å². The quantitative estimate of drug-likeness (QED) is 0.462. The third-order valence-electron chi connectivity index (χ3n) is 3.62. The minimum Gasteiger partial charge on any atom is -0.490 e. The Morgan fingerprint density at radius 3 is 2.46 bits per heavy atom. The van der Waals surface area contributed by atoms with E-state index in [0.717, 1.165) is 12.0 Å². The van der Waals surface area contributed by atoms with E-state index in [0.29, 0.717) is 36.8 Å². The lowest BCUT2D eigenvalue weighted by atomic mass is 10.2. The Labute approximate surface area is 169 Å². The van der Waals surface area contributed by atoms with Crippen molar-refractivity contribution < 1.29 is 18.7 Å². The number of ether oxygens (including phenoxy) is 2. The second-order valence-electron chi connectivity index (χ2n) is 5.83. The van der Waals surface area contributed by atoms with Crippen LogP contribution in [0.3, 0.4) is 0 Å². The molecule has 0 aromatic heterocycles. The van der Waals surface area contributed by atoms with Crippen LogP contribution in [0.4, 0.5) is 4.39 Å². The van der Waals surface area contributed by atoms with E-state index < -0.39 is 0 Å². The fourth-order valence-electron chi connectivity index (χ4n) is 2.26. The fourth-order valence-corrected chi connectivity index (χ4v) is 2.39. The number of nitrogens with one attached hydrogen (secondary N) is 3. The topological polar surface area (TPSA) is 71.6 Å². The van der Waals surface area contributed by atoms with Crippen LogP contribution in [0.15, 0.2) is 42.5 Å². The van der Waals surface area contributed by atoms with E-state index in [9.17, 15) is 9.18 Å². The van der Waals surface area contributed by atoms with Crippen LogP contribution < -0.4 is 25.6 Å². The van der Waals surface area contributed by atoms with Gasteiger partial charge in [-0.1, -0.05) is 19.1 Å². The van der Waals surface area contributed by atoms with Crippen LogP contribution >= 0.6 is 12.2 Å². The van der Waals surface area contributed by atoms with Crippen molar-refractivity contribution >= 4 is 23.2 Å². The van der Waals surface area contributed by atoms with Crippen molar-refractivity contribution in [3.8, 4) is 11.5 Å². The Morgan fingerprint density at radius 1 is 1.04 bits per heavy atom. The average Bonchev–Trinajstić information content (AvgIpc) is 2.70. The van der Waals surface area contributed by atoms with E-state index in [1.807, 2.05) is 13.8 Å². The maximum absolute atomic E-state index is 12.9. The summed E-state index contributed by atoms with van der Waals surface area (Å²) >= 11 is 5.13. The van der Waals surface area contributed by atoms with Gasteiger partial charge in [0, 0.05) is 12.1 Å². The van der Waals surface area contributed by atoms with Crippen molar-refractivity contribution in [1.82, 2.24) is 16.2 Å². The van der Waals surface area contributed by atoms with Crippen molar-refractivity contribution in [2.75, 3.05) is 13.2 Å². The summed E-state index contributed by atoms with van der Waals surface area (Å²) in [5.41, 5.74) is 6.43. The zero-order valence-electron chi connectivity index (χ0n) is 15.9. The standard InChI is InChI=1S/C20H24FN3O3S/c1-3-11-27-17-10-7-15(12-18(17)26-4-2)19(25)23-24-20(28)22-13-14-5-8-16(21)9-6-14/h5-10,12H,3-4,11,13H2,1-2H3,(H,23,25)(H2,22,24,28). The molecule has 0 fully saturated rings. The van der Waals surface area contributed by atoms with Gasteiger partial charge in [0.2, 0.25) is 0 Å². The number of benzene rings is 2. The molecule has 0 saturated carbocycles. The van der Waals surface area contributed by atoms with Crippen LogP contribution in [0.1, 0.15) is 36.2 Å². The number of carbonyl (C=O) groups excluding carboxylic acids is 1. The molecule has 0 aliphatic rings. The number of rotatable bonds is 8. The highest BCUT2D eigenvalue weighted by atomic mass is 32.1. The molecular formula is C20H24FN3O3S. The summed E-state index contributed by atoms with van der Waals surface area (Å²) in [6.45, 7) is 5.31. The van der Waals surface area contributed by atoms with Crippen molar-refractivity contribution in [2.24, 2.45) is 0 Å². The van der Waals surface area contributed by atoms with Crippen molar-refractivity contribution in [3.63, 3.8) is 0 Å². The number of thiocarbonyl (C=S) groups is 1. The second kappa shape index (κ2) is 11.1. The summed E-state index contributed by atoms with van der Waals surface area (Å²) < 4.78 is 24.1. The smallest absolute Gasteiger partial charge is 0.269 e. The van der Waals surface area contributed by atoms with Crippen LogP contribution in [0.5, 0.6) is 11.5 Å². The van der Waals surface area contributed by atoms with Crippen LogP contribution in [0.25, 0.3) is 0 Å². The summed E-state index contributed by atoms with van der Waals surface area (Å²) in [4.78, 5) is 12.3.